The molecule has 1 saturated heterocycles. The lowest BCUT2D eigenvalue weighted by atomic mass is 9.77. The molecule has 0 spiro atoms. The van der Waals surface area contributed by atoms with E-state index in [0.717, 1.165) is 53.1 Å². The van der Waals surface area contributed by atoms with Gasteiger partial charge in [-0.25, -0.2) is 4.98 Å². The molecular formula is C29H34F3N5O2. The molecule has 2 aliphatic rings. The number of hydrogen-bond donors (Lipinski definition) is 2. The van der Waals surface area contributed by atoms with Crippen molar-refractivity contribution >= 4 is 5.91 Å². The average Bonchev–Trinajstić information content (AvgIpc) is 3.39. The lowest BCUT2D eigenvalue weighted by Gasteiger charge is -2.33. The molecule has 0 atom stereocenters. The van der Waals surface area contributed by atoms with Crippen molar-refractivity contribution in [2.45, 2.75) is 63.1 Å². The van der Waals surface area contributed by atoms with Gasteiger partial charge < -0.3 is 15.4 Å². The molecule has 2 aromatic carbocycles. The standard InChI is InChI=1S/C29H34F3N5O2/c1-39-14-11-26-34-27(36-35-26)25-16-24(21(17-33)15-23(25)20-3-2-4-20)28(38)37-12-9-19(10-13-37)18-5-7-22(8-6-18)29(30,31)32/h5-8,15-16,19-20H,2-4,9-14,17,33H2,1H3,(H,34,35,36). The molecule has 1 saturated carbocycles. The quantitative estimate of drug-likeness (QED) is 0.397. The number of alkyl halides is 3. The van der Waals surface area contributed by atoms with E-state index in [9.17, 15) is 18.0 Å². The summed E-state index contributed by atoms with van der Waals surface area (Å²) >= 11 is 0. The van der Waals surface area contributed by atoms with Gasteiger partial charge in [-0.1, -0.05) is 24.6 Å². The Bertz CT molecular complexity index is 1290. The van der Waals surface area contributed by atoms with Crippen molar-refractivity contribution in [1.82, 2.24) is 20.1 Å². The number of benzene rings is 2. The van der Waals surface area contributed by atoms with Crippen molar-refractivity contribution in [3.05, 3.63) is 70.0 Å². The van der Waals surface area contributed by atoms with Crippen molar-refractivity contribution in [2.24, 2.45) is 5.73 Å². The molecular weight excluding hydrogens is 507 g/mol. The zero-order valence-electron chi connectivity index (χ0n) is 22.1. The van der Waals surface area contributed by atoms with Gasteiger partial charge in [0, 0.05) is 44.3 Å². The fraction of sp³-hybridized carbons (Fsp3) is 0.483. The van der Waals surface area contributed by atoms with Gasteiger partial charge in [0.15, 0.2) is 5.82 Å². The number of piperidine rings is 1. The van der Waals surface area contributed by atoms with Crippen LogP contribution in [0, 0.1) is 0 Å². The first-order chi connectivity index (χ1) is 18.8. The van der Waals surface area contributed by atoms with Crippen molar-refractivity contribution in [3.8, 4) is 11.4 Å². The number of methoxy groups -OCH3 is 1. The largest absolute Gasteiger partial charge is 0.416 e. The van der Waals surface area contributed by atoms with Crippen LogP contribution in [0.15, 0.2) is 36.4 Å². The van der Waals surface area contributed by atoms with Crippen LogP contribution in [-0.2, 0) is 23.9 Å². The van der Waals surface area contributed by atoms with E-state index in [0.29, 0.717) is 56.3 Å². The lowest BCUT2D eigenvalue weighted by Crippen LogP contribution is -2.38. The van der Waals surface area contributed by atoms with Gasteiger partial charge in [0.1, 0.15) is 5.82 Å². The summed E-state index contributed by atoms with van der Waals surface area (Å²) in [7, 11) is 1.64. The van der Waals surface area contributed by atoms with Gasteiger partial charge in [0.2, 0.25) is 0 Å². The predicted molar refractivity (Wildman–Crippen MR) is 141 cm³/mol. The maximum absolute atomic E-state index is 13.8. The second-order valence-corrected chi connectivity index (χ2v) is 10.5. The Morgan fingerprint density at radius 1 is 1.10 bits per heavy atom. The number of nitrogens with zero attached hydrogens (tertiary/aromatic N) is 3. The van der Waals surface area contributed by atoms with E-state index in [1.165, 1.54) is 6.42 Å². The summed E-state index contributed by atoms with van der Waals surface area (Å²) in [5.74, 6) is 1.72. The van der Waals surface area contributed by atoms with Gasteiger partial charge in [-0.3, -0.25) is 9.89 Å². The fourth-order valence-corrected chi connectivity index (χ4v) is 5.54. The minimum Gasteiger partial charge on any atom is -0.384 e. The normalized spacial score (nSPS) is 16.9. The molecule has 7 nitrogen and oxygen atoms in total. The van der Waals surface area contributed by atoms with Crippen LogP contribution in [0.1, 0.15) is 82.4 Å². The number of amides is 1. The summed E-state index contributed by atoms with van der Waals surface area (Å²) < 4.78 is 44.0. The minimum atomic E-state index is -4.35. The van der Waals surface area contributed by atoms with E-state index in [1.807, 2.05) is 11.0 Å². The Kier molecular flexibility index (Phi) is 8.04. The number of hydrogen-bond acceptors (Lipinski definition) is 5. The summed E-state index contributed by atoms with van der Waals surface area (Å²) in [4.78, 5) is 20.3. The molecule has 1 aliphatic carbocycles. The van der Waals surface area contributed by atoms with E-state index < -0.39 is 11.7 Å². The topological polar surface area (TPSA) is 97.1 Å². The monoisotopic (exact) mass is 541 g/mol. The molecule has 208 valence electrons. The second kappa shape index (κ2) is 11.5. The third-order valence-electron chi connectivity index (χ3n) is 8.08. The summed E-state index contributed by atoms with van der Waals surface area (Å²) in [5.41, 5.74) is 9.73. The van der Waals surface area contributed by atoms with Gasteiger partial charge in [-0.2, -0.15) is 18.3 Å². The van der Waals surface area contributed by atoms with Crippen LogP contribution < -0.4 is 5.73 Å². The summed E-state index contributed by atoms with van der Waals surface area (Å²) in [6.07, 6.45) is 0.981. The van der Waals surface area contributed by atoms with E-state index in [4.69, 9.17) is 10.5 Å². The zero-order chi connectivity index (χ0) is 27.6. The molecule has 1 aliphatic heterocycles. The molecule has 39 heavy (non-hydrogen) atoms. The number of carbonyl (C=O) groups excluding carboxylic acids is 1. The van der Waals surface area contributed by atoms with Crippen molar-refractivity contribution in [1.29, 1.82) is 0 Å². The molecule has 5 rings (SSSR count). The Labute approximate surface area is 225 Å². The predicted octanol–water partition coefficient (Wildman–Crippen LogP) is 5.43. The summed E-state index contributed by atoms with van der Waals surface area (Å²) in [6, 6.07) is 9.35. The fourth-order valence-electron chi connectivity index (χ4n) is 5.54. The molecule has 2 heterocycles. The average molecular weight is 542 g/mol. The molecule has 2 fully saturated rings. The van der Waals surface area contributed by atoms with E-state index >= 15 is 0 Å². The first kappa shape index (κ1) is 27.3. The Morgan fingerprint density at radius 2 is 1.82 bits per heavy atom. The third-order valence-corrected chi connectivity index (χ3v) is 8.08. The number of likely N-dealkylation sites (tertiary alicyclic amines) is 1. The molecule has 1 amide bonds. The maximum atomic E-state index is 13.8. The van der Waals surface area contributed by atoms with Gasteiger partial charge in [0.25, 0.3) is 5.91 Å². The lowest BCUT2D eigenvalue weighted by molar-refractivity contribution is -0.137. The summed E-state index contributed by atoms with van der Waals surface area (Å²) in [5, 5.41) is 7.45. The van der Waals surface area contributed by atoms with Crippen LogP contribution in [0.4, 0.5) is 13.2 Å². The van der Waals surface area contributed by atoms with Gasteiger partial charge >= 0.3 is 6.18 Å². The molecule has 0 radical (unpaired) electrons. The van der Waals surface area contributed by atoms with Crippen LogP contribution in [0.2, 0.25) is 0 Å². The van der Waals surface area contributed by atoms with Crippen LogP contribution in [-0.4, -0.2) is 52.8 Å². The number of nitrogens with two attached hydrogens (primary N) is 1. The van der Waals surface area contributed by atoms with Crippen molar-refractivity contribution in [3.63, 3.8) is 0 Å². The smallest absolute Gasteiger partial charge is 0.384 e. The maximum Gasteiger partial charge on any atom is 0.416 e. The second-order valence-electron chi connectivity index (χ2n) is 10.5. The van der Waals surface area contributed by atoms with Crippen LogP contribution in [0.25, 0.3) is 11.4 Å². The SMILES string of the molecule is COCCc1nc(-c2cc(C(=O)N3CCC(c4ccc(C(F)(F)F)cc4)CC3)c(CN)cc2C2CCC2)n[nH]1. The summed E-state index contributed by atoms with van der Waals surface area (Å²) in [6.45, 7) is 1.82. The number of rotatable bonds is 8. The molecule has 3 N–H and O–H groups in total. The highest BCUT2D eigenvalue weighted by molar-refractivity contribution is 5.97. The highest BCUT2D eigenvalue weighted by Gasteiger charge is 2.32. The first-order valence-electron chi connectivity index (χ1n) is 13.5. The van der Waals surface area contributed by atoms with Gasteiger partial charge in [0.05, 0.1) is 12.2 Å². The van der Waals surface area contributed by atoms with Gasteiger partial charge in [-0.15, -0.1) is 0 Å². The molecule has 1 aromatic heterocycles. The number of halogens is 3. The molecule has 0 unspecified atom stereocenters. The van der Waals surface area contributed by atoms with Crippen molar-refractivity contribution < 1.29 is 22.7 Å². The minimum absolute atomic E-state index is 0.0853. The number of H-pyrrole nitrogens is 1. The Balaban J connectivity index is 1.36. The molecule has 3 aromatic rings. The number of carbonyl (C=O) groups is 1. The van der Waals surface area contributed by atoms with Gasteiger partial charge in [-0.05, 0) is 72.4 Å². The first-order valence-corrected chi connectivity index (χ1v) is 13.5. The Morgan fingerprint density at radius 3 is 2.41 bits per heavy atom. The Hall–Kier alpha value is -3.24. The van der Waals surface area contributed by atoms with E-state index in [1.54, 1.807) is 19.2 Å². The zero-order valence-corrected chi connectivity index (χ0v) is 22.1. The highest BCUT2D eigenvalue weighted by atomic mass is 19.4. The highest BCUT2D eigenvalue weighted by Crippen LogP contribution is 2.42. The molecule has 10 heteroatoms. The van der Waals surface area contributed by atoms with Crippen molar-refractivity contribution in [2.75, 3.05) is 26.8 Å². The number of nitrogens with one attached hydrogen (secondary N) is 1. The van der Waals surface area contributed by atoms with E-state index in [2.05, 4.69) is 21.2 Å². The number of aromatic amines is 1. The van der Waals surface area contributed by atoms with Crippen LogP contribution in [0.3, 0.4) is 0 Å². The van der Waals surface area contributed by atoms with Crippen LogP contribution in [0.5, 0.6) is 0 Å². The van der Waals surface area contributed by atoms with Crippen LogP contribution >= 0.6 is 0 Å². The molecule has 0 bridgehead atoms. The number of ether oxygens (including phenoxy) is 1. The van der Waals surface area contributed by atoms with E-state index in [-0.39, 0.29) is 18.4 Å². The number of aromatic nitrogens is 3. The third kappa shape index (κ3) is 5.86.